The van der Waals surface area contributed by atoms with Crippen LogP contribution >= 0.6 is 0 Å². The van der Waals surface area contributed by atoms with Gasteiger partial charge in [-0.3, -0.25) is 9.69 Å². The molecule has 32 heavy (non-hydrogen) atoms. The molecule has 162 valence electrons. The zero-order valence-electron chi connectivity index (χ0n) is 17.9. The van der Waals surface area contributed by atoms with Crippen LogP contribution in [-0.2, 0) is 4.79 Å². The second kappa shape index (κ2) is 8.26. The topological polar surface area (TPSA) is 63.6 Å². The molecule has 0 spiro atoms. The molecule has 0 amide bonds. The van der Waals surface area contributed by atoms with Crippen molar-refractivity contribution in [3.8, 4) is 17.2 Å². The minimum absolute atomic E-state index is 0.122. The quantitative estimate of drug-likeness (QED) is 0.564. The third kappa shape index (κ3) is 3.51. The van der Waals surface area contributed by atoms with Crippen LogP contribution < -0.4 is 24.1 Å². The van der Waals surface area contributed by atoms with Gasteiger partial charge in [0.25, 0.3) is 0 Å². The number of carbonyl (C=O) groups excluding carboxylic acids is 1. The summed E-state index contributed by atoms with van der Waals surface area (Å²) in [5.74, 6) is 2.40. The summed E-state index contributed by atoms with van der Waals surface area (Å²) in [6.07, 6.45) is -0.385. The Bertz CT molecular complexity index is 1160. The Labute approximate surface area is 186 Å². The molecule has 0 aliphatic carbocycles. The van der Waals surface area contributed by atoms with Crippen molar-refractivity contribution in [1.82, 2.24) is 0 Å². The maximum Gasteiger partial charge on any atom is 0.231 e. The number of amidine groups is 1. The van der Waals surface area contributed by atoms with Gasteiger partial charge < -0.3 is 14.2 Å². The molecule has 2 aliphatic heterocycles. The van der Waals surface area contributed by atoms with Crippen LogP contribution in [0.5, 0.6) is 17.2 Å². The molecule has 0 unspecified atom stereocenters. The molecule has 0 bridgehead atoms. The van der Waals surface area contributed by atoms with Crippen molar-refractivity contribution in [2.24, 2.45) is 5.10 Å². The Balaban J connectivity index is 1.64. The molecule has 1 atom stereocenters. The molecule has 0 aromatic heterocycles. The van der Waals surface area contributed by atoms with Gasteiger partial charge in [-0.15, -0.1) is 5.10 Å². The fourth-order valence-corrected chi connectivity index (χ4v) is 3.95. The van der Waals surface area contributed by atoms with Gasteiger partial charge >= 0.3 is 0 Å². The first-order valence-electron chi connectivity index (χ1n) is 10.5. The summed E-state index contributed by atoms with van der Waals surface area (Å²) in [7, 11) is 0. The lowest BCUT2D eigenvalue weighted by molar-refractivity contribution is -0.111. The highest BCUT2D eigenvalue weighted by Gasteiger charge is 2.39. The summed E-state index contributed by atoms with van der Waals surface area (Å²) >= 11 is 0. The van der Waals surface area contributed by atoms with E-state index in [1.165, 1.54) is 6.92 Å². The maximum atomic E-state index is 12.7. The van der Waals surface area contributed by atoms with Gasteiger partial charge in [0.2, 0.25) is 6.79 Å². The largest absolute Gasteiger partial charge is 0.494 e. The molecule has 7 heteroatoms. The highest BCUT2D eigenvalue weighted by molar-refractivity contribution is 6.44. The first kappa shape index (κ1) is 19.9. The number of para-hydroxylation sites is 1. The summed E-state index contributed by atoms with van der Waals surface area (Å²) in [4.78, 5) is 14.6. The molecule has 3 aromatic rings. The van der Waals surface area contributed by atoms with Gasteiger partial charge in [0, 0.05) is 18.2 Å². The van der Waals surface area contributed by atoms with Crippen molar-refractivity contribution in [2.75, 3.05) is 23.3 Å². The van der Waals surface area contributed by atoms with Gasteiger partial charge in [-0.2, -0.15) is 0 Å². The van der Waals surface area contributed by atoms with Crippen LogP contribution in [0.4, 0.5) is 11.4 Å². The second-order valence-electron chi connectivity index (χ2n) is 7.44. The lowest BCUT2D eigenvalue weighted by Crippen LogP contribution is -2.37. The first-order valence-corrected chi connectivity index (χ1v) is 10.5. The number of Topliss-reactive ketones (excluding diaryl/α,β-unsaturated/α-hetero) is 1. The molecule has 2 aliphatic rings. The molecular formula is C25H23N3O4. The number of nitrogens with zero attached hydrogens (tertiary/aromatic N) is 3. The number of rotatable bonds is 6. The lowest BCUT2D eigenvalue weighted by atomic mass is 10.1. The van der Waals surface area contributed by atoms with Crippen molar-refractivity contribution in [3.63, 3.8) is 0 Å². The van der Waals surface area contributed by atoms with Gasteiger partial charge in [-0.05, 0) is 55.5 Å². The minimum Gasteiger partial charge on any atom is -0.494 e. The number of ketones is 1. The van der Waals surface area contributed by atoms with Gasteiger partial charge in [-0.1, -0.05) is 24.3 Å². The highest BCUT2D eigenvalue weighted by Crippen LogP contribution is 2.42. The average Bonchev–Trinajstić information content (AvgIpc) is 3.45. The third-order valence-electron chi connectivity index (χ3n) is 5.36. The van der Waals surface area contributed by atoms with Gasteiger partial charge in [-0.25, -0.2) is 5.01 Å². The van der Waals surface area contributed by atoms with Crippen molar-refractivity contribution in [3.05, 3.63) is 78.4 Å². The van der Waals surface area contributed by atoms with E-state index in [0.29, 0.717) is 23.9 Å². The fourth-order valence-electron chi connectivity index (χ4n) is 3.95. The fraction of sp³-hybridized carbons (Fsp3) is 0.200. The monoisotopic (exact) mass is 429 g/mol. The molecule has 0 N–H and O–H groups in total. The molecule has 2 heterocycles. The van der Waals surface area contributed by atoms with Crippen LogP contribution in [0.25, 0.3) is 0 Å². The molecule has 0 saturated heterocycles. The van der Waals surface area contributed by atoms with Crippen LogP contribution in [0.15, 0.2) is 77.9 Å². The summed E-state index contributed by atoms with van der Waals surface area (Å²) < 4.78 is 16.7. The molecule has 0 radical (unpaired) electrons. The van der Waals surface area contributed by atoms with Crippen LogP contribution in [0.3, 0.4) is 0 Å². The second-order valence-corrected chi connectivity index (χ2v) is 7.44. The highest BCUT2D eigenvalue weighted by atomic mass is 16.7. The molecular weight excluding hydrogens is 406 g/mol. The predicted molar refractivity (Wildman–Crippen MR) is 122 cm³/mol. The van der Waals surface area contributed by atoms with E-state index in [4.69, 9.17) is 19.3 Å². The number of fused-ring (bicyclic) bond motifs is 1. The standard InChI is InChI=1S/C25H23N3O4/c1-3-30-21-12-10-19(11-13-21)27-24(17(2)29)26-28(20-7-5-4-6-8-20)25(27)18-9-14-22-23(15-18)32-16-31-22/h4-15,25H,3,16H2,1-2H3/t25-/m0/s1. The number of hydrogen-bond acceptors (Lipinski definition) is 7. The minimum atomic E-state index is -0.385. The lowest BCUT2D eigenvalue weighted by Gasteiger charge is -2.32. The molecule has 0 fully saturated rings. The maximum absolute atomic E-state index is 12.7. The van der Waals surface area contributed by atoms with E-state index in [0.717, 1.165) is 22.7 Å². The van der Waals surface area contributed by atoms with Crippen molar-refractivity contribution in [2.45, 2.75) is 20.0 Å². The van der Waals surface area contributed by atoms with Gasteiger partial charge in [0.1, 0.15) is 5.75 Å². The zero-order valence-corrected chi connectivity index (χ0v) is 17.9. The first-order chi connectivity index (χ1) is 15.7. The predicted octanol–water partition coefficient (Wildman–Crippen LogP) is 4.74. The van der Waals surface area contributed by atoms with Crippen molar-refractivity contribution in [1.29, 1.82) is 0 Å². The van der Waals surface area contributed by atoms with Crippen molar-refractivity contribution >= 4 is 23.0 Å². The van der Waals surface area contributed by atoms with Crippen LogP contribution in [-0.4, -0.2) is 25.0 Å². The number of anilines is 2. The van der Waals surface area contributed by atoms with Crippen molar-refractivity contribution < 1.29 is 19.0 Å². The molecule has 0 saturated carbocycles. The summed E-state index contributed by atoms with van der Waals surface area (Å²) in [6.45, 7) is 4.27. The van der Waals surface area contributed by atoms with Gasteiger partial charge in [0.15, 0.2) is 29.3 Å². The number of carbonyl (C=O) groups is 1. The van der Waals surface area contributed by atoms with Crippen LogP contribution in [0.1, 0.15) is 25.6 Å². The Kier molecular flexibility index (Phi) is 5.15. The van der Waals surface area contributed by atoms with Crippen LogP contribution in [0, 0.1) is 0 Å². The Morgan fingerprint density at radius 1 is 1.00 bits per heavy atom. The summed E-state index contributed by atoms with van der Waals surface area (Å²) in [5, 5.41) is 6.61. The van der Waals surface area contributed by atoms with E-state index in [9.17, 15) is 4.79 Å². The normalized spacial score (nSPS) is 16.8. The third-order valence-corrected chi connectivity index (χ3v) is 5.36. The Morgan fingerprint density at radius 3 is 2.47 bits per heavy atom. The average molecular weight is 429 g/mol. The number of hydrogen-bond donors (Lipinski definition) is 0. The van der Waals surface area contributed by atoms with Gasteiger partial charge in [0.05, 0.1) is 12.3 Å². The number of ether oxygens (including phenoxy) is 3. The number of benzene rings is 3. The molecule has 5 rings (SSSR count). The molecule has 3 aromatic carbocycles. The molecule has 7 nitrogen and oxygen atoms in total. The Morgan fingerprint density at radius 2 is 1.75 bits per heavy atom. The van der Waals surface area contributed by atoms with E-state index in [-0.39, 0.29) is 18.7 Å². The van der Waals surface area contributed by atoms with E-state index >= 15 is 0 Å². The number of hydrazone groups is 1. The van der Waals surface area contributed by atoms with E-state index in [2.05, 4.69) is 0 Å². The SMILES string of the molecule is CCOc1ccc(N2C(C(C)=O)=NN(c3ccccc3)[C@H]2c2ccc3c(c2)OCO3)cc1. The summed E-state index contributed by atoms with van der Waals surface area (Å²) in [6, 6.07) is 23.3. The van der Waals surface area contributed by atoms with E-state index in [1.54, 1.807) is 0 Å². The van der Waals surface area contributed by atoms with Crippen LogP contribution in [0.2, 0.25) is 0 Å². The van der Waals surface area contributed by atoms with E-state index < -0.39 is 0 Å². The summed E-state index contributed by atoms with van der Waals surface area (Å²) in [5.41, 5.74) is 2.64. The Hall–Kier alpha value is -4.00. The van der Waals surface area contributed by atoms with E-state index in [1.807, 2.05) is 89.6 Å². The zero-order chi connectivity index (χ0) is 22.1. The smallest absolute Gasteiger partial charge is 0.231 e.